The van der Waals surface area contributed by atoms with Crippen molar-refractivity contribution in [3.8, 4) is 5.75 Å². The molecule has 118 valence electrons. The summed E-state index contributed by atoms with van der Waals surface area (Å²) in [6.45, 7) is 2.32. The molecule has 0 spiro atoms. The largest absolute Gasteiger partial charge is 0.486 e. The first-order valence-electron chi connectivity index (χ1n) is 6.74. The van der Waals surface area contributed by atoms with Gasteiger partial charge in [0.2, 0.25) is 0 Å². The van der Waals surface area contributed by atoms with E-state index in [1.165, 1.54) is 6.20 Å². The highest BCUT2D eigenvalue weighted by Crippen LogP contribution is 2.29. The molecule has 0 fully saturated rings. The standard InChI is InChI=1S/C15H18ClN3O3/c1-10(9-21-3)22-14-5-4-12(16)6-13(14)18-15(20)11-7-17-19(2)8-11/h4-8,10H,9H2,1-3H3,(H,18,20)/t10-/m1/s1. The molecule has 1 atom stereocenters. The van der Waals surface area contributed by atoms with E-state index in [9.17, 15) is 4.79 Å². The van der Waals surface area contributed by atoms with Gasteiger partial charge >= 0.3 is 0 Å². The number of nitrogens with zero attached hydrogens (tertiary/aromatic N) is 2. The lowest BCUT2D eigenvalue weighted by Crippen LogP contribution is -2.19. The van der Waals surface area contributed by atoms with E-state index < -0.39 is 0 Å². The van der Waals surface area contributed by atoms with Crippen molar-refractivity contribution in [2.75, 3.05) is 19.0 Å². The van der Waals surface area contributed by atoms with Crippen LogP contribution in [0.1, 0.15) is 17.3 Å². The van der Waals surface area contributed by atoms with Crippen molar-refractivity contribution in [1.82, 2.24) is 9.78 Å². The molecule has 6 nitrogen and oxygen atoms in total. The molecule has 1 aromatic carbocycles. The highest BCUT2D eigenvalue weighted by atomic mass is 35.5. The van der Waals surface area contributed by atoms with Crippen LogP contribution < -0.4 is 10.1 Å². The number of amides is 1. The van der Waals surface area contributed by atoms with Crippen LogP contribution in [0.3, 0.4) is 0 Å². The number of rotatable bonds is 6. The first-order chi connectivity index (χ1) is 10.5. The Bertz CT molecular complexity index is 657. The Balaban J connectivity index is 2.18. The summed E-state index contributed by atoms with van der Waals surface area (Å²) in [4.78, 5) is 12.2. The number of hydrogen-bond acceptors (Lipinski definition) is 4. The zero-order valence-electron chi connectivity index (χ0n) is 12.7. The number of aromatic nitrogens is 2. The number of halogens is 1. The summed E-state index contributed by atoms with van der Waals surface area (Å²) in [5, 5.41) is 7.27. The van der Waals surface area contributed by atoms with Crippen LogP contribution in [0, 0.1) is 0 Å². The molecule has 1 heterocycles. The van der Waals surface area contributed by atoms with Gasteiger partial charge in [-0.15, -0.1) is 0 Å². The maximum Gasteiger partial charge on any atom is 0.258 e. The van der Waals surface area contributed by atoms with Crippen LogP contribution in [-0.4, -0.2) is 35.5 Å². The molecule has 0 aliphatic carbocycles. The normalized spacial score (nSPS) is 12.0. The molecule has 2 rings (SSSR count). The summed E-state index contributed by atoms with van der Waals surface area (Å²) in [5.41, 5.74) is 0.961. The van der Waals surface area contributed by atoms with E-state index >= 15 is 0 Å². The Kier molecular flexibility index (Phi) is 5.41. The molecule has 1 amide bonds. The third kappa shape index (κ3) is 4.22. The van der Waals surface area contributed by atoms with Crippen molar-refractivity contribution in [3.05, 3.63) is 41.2 Å². The summed E-state index contributed by atoms with van der Waals surface area (Å²) in [7, 11) is 3.35. The lowest BCUT2D eigenvalue weighted by Gasteiger charge is -2.17. The van der Waals surface area contributed by atoms with Crippen LogP contribution in [0.5, 0.6) is 5.75 Å². The number of hydrogen-bond donors (Lipinski definition) is 1. The van der Waals surface area contributed by atoms with Crippen LogP contribution >= 0.6 is 11.6 Å². The number of methoxy groups -OCH3 is 1. The van der Waals surface area contributed by atoms with Gasteiger partial charge in [-0.1, -0.05) is 11.6 Å². The number of carbonyl (C=O) groups excluding carboxylic acids is 1. The van der Waals surface area contributed by atoms with Gasteiger partial charge in [0.15, 0.2) is 0 Å². The molecule has 0 radical (unpaired) electrons. The van der Waals surface area contributed by atoms with Gasteiger partial charge < -0.3 is 14.8 Å². The van der Waals surface area contributed by atoms with E-state index in [1.54, 1.807) is 43.2 Å². The van der Waals surface area contributed by atoms with Crippen LogP contribution in [0.25, 0.3) is 0 Å². The molecule has 0 aliphatic heterocycles. The highest BCUT2D eigenvalue weighted by Gasteiger charge is 2.14. The zero-order valence-corrected chi connectivity index (χ0v) is 13.4. The Morgan fingerprint density at radius 1 is 1.50 bits per heavy atom. The Hall–Kier alpha value is -2.05. The average molecular weight is 324 g/mol. The van der Waals surface area contributed by atoms with E-state index in [0.717, 1.165) is 0 Å². The summed E-state index contributed by atoms with van der Waals surface area (Å²) in [6.07, 6.45) is 2.97. The van der Waals surface area contributed by atoms with Crippen molar-refractivity contribution in [3.63, 3.8) is 0 Å². The minimum absolute atomic E-state index is 0.153. The molecule has 0 unspecified atom stereocenters. The van der Waals surface area contributed by atoms with Crippen LogP contribution in [0.2, 0.25) is 5.02 Å². The van der Waals surface area contributed by atoms with Gasteiger partial charge in [0.05, 0.1) is 24.1 Å². The van der Waals surface area contributed by atoms with E-state index in [4.69, 9.17) is 21.1 Å². The first-order valence-corrected chi connectivity index (χ1v) is 7.12. The third-order valence-corrected chi connectivity index (χ3v) is 3.12. The number of aryl methyl sites for hydroxylation is 1. The van der Waals surface area contributed by atoms with Gasteiger partial charge in [-0.25, -0.2) is 0 Å². The second-order valence-electron chi connectivity index (χ2n) is 4.88. The maximum atomic E-state index is 12.2. The first kappa shape index (κ1) is 16.3. The van der Waals surface area contributed by atoms with Crippen molar-refractivity contribution in [2.45, 2.75) is 13.0 Å². The summed E-state index contributed by atoms with van der Waals surface area (Å²) < 4.78 is 12.4. The predicted molar refractivity (Wildman–Crippen MR) is 84.6 cm³/mol. The molecule has 0 bridgehead atoms. The van der Waals surface area contributed by atoms with E-state index in [2.05, 4.69) is 10.4 Å². The number of ether oxygens (including phenoxy) is 2. The lowest BCUT2D eigenvalue weighted by atomic mass is 10.2. The van der Waals surface area contributed by atoms with Crippen LogP contribution in [-0.2, 0) is 11.8 Å². The second kappa shape index (κ2) is 7.29. The fourth-order valence-electron chi connectivity index (χ4n) is 1.92. The minimum Gasteiger partial charge on any atom is -0.486 e. The SMILES string of the molecule is COC[C@@H](C)Oc1ccc(Cl)cc1NC(=O)c1cnn(C)c1. The summed E-state index contributed by atoms with van der Waals surface area (Å²) in [5.74, 6) is 0.255. The molecule has 22 heavy (non-hydrogen) atoms. The lowest BCUT2D eigenvalue weighted by molar-refractivity contribution is 0.0921. The number of carbonyl (C=O) groups is 1. The molecule has 0 aliphatic rings. The van der Waals surface area contributed by atoms with Gasteiger partial charge in [0.25, 0.3) is 5.91 Å². The van der Waals surface area contributed by atoms with Gasteiger partial charge in [0, 0.05) is 25.4 Å². The van der Waals surface area contributed by atoms with E-state index in [0.29, 0.717) is 28.6 Å². The summed E-state index contributed by atoms with van der Waals surface area (Å²) in [6, 6.07) is 5.06. The molecular weight excluding hydrogens is 306 g/mol. The van der Waals surface area contributed by atoms with Crippen molar-refractivity contribution >= 4 is 23.2 Å². The second-order valence-corrected chi connectivity index (χ2v) is 5.32. The predicted octanol–water partition coefficient (Wildman–Crippen LogP) is 2.74. The van der Waals surface area contributed by atoms with Crippen LogP contribution in [0.4, 0.5) is 5.69 Å². The van der Waals surface area contributed by atoms with Crippen molar-refractivity contribution in [2.24, 2.45) is 7.05 Å². The van der Waals surface area contributed by atoms with Crippen LogP contribution in [0.15, 0.2) is 30.6 Å². The van der Waals surface area contributed by atoms with E-state index in [1.807, 2.05) is 6.92 Å². The van der Waals surface area contributed by atoms with Crippen molar-refractivity contribution < 1.29 is 14.3 Å². The topological polar surface area (TPSA) is 65.4 Å². The van der Waals surface area contributed by atoms with Gasteiger partial charge in [-0.05, 0) is 25.1 Å². The average Bonchev–Trinajstić information content (AvgIpc) is 2.89. The monoisotopic (exact) mass is 323 g/mol. The molecule has 1 aromatic heterocycles. The van der Waals surface area contributed by atoms with Gasteiger partial charge in [0.1, 0.15) is 11.9 Å². The molecule has 2 aromatic rings. The Labute approximate surface area is 134 Å². The Morgan fingerprint density at radius 2 is 2.27 bits per heavy atom. The molecular formula is C15H18ClN3O3. The van der Waals surface area contributed by atoms with Crippen molar-refractivity contribution in [1.29, 1.82) is 0 Å². The fourth-order valence-corrected chi connectivity index (χ4v) is 2.09. The summed E-state index contributed by atoms with van der Waals surface area (Å²) >= 11 is 6.00. The molecule has 1 N–H and O–H groups in total. The van der Waals surface area contributed by atoms with E-state index in [-0.39, 0.29) is 12.0 Å². The molecule has 7 heteroatoms. The number of nitrogens with one attached hydrogen (secondary N) is 1. The zero-order chi connectivity index (χ0) is 16.1. The minimum atomic E-state index is -0.278. The quantitative estimate of drug-likeness (QED) is 0.887. The molecule has 0 saturated heterocycles. The fraction of sp³-hybridized carbons (Fsp3) is 0.333. The van der Waals surface area contributed by atoms with Gasteiger partial charge in [-0.2, -0.15) is 5.10 Å². The highest BCUT2D eigenvalue weighted by molar-refractivity contribution is 6.31. The third-order valence-electron chi connectivity index (χ3n) is 2.89. The Morgan fingerprint density at radius 3 is 2.91 bits per heavy atom. The number of benzene rings is 1. The molecule has 0 saturated carbocycles. The number of anilines is 1. The maximum absolute atomic E-state index is 12.2. The smallest absolute Gasteiger partial charge is 0.258 e. The van der Waals surface area contributed by atoms with Gasteiger partial charge in [-0.3, -0.25) is 9.48 Å².